The molecule has 6 nitrogen and oxygen atoms in total. The number of amides is 1. The van der Waals surface area contributed by atoms with E-state index in [1.807, 2.05) is 38.4 Å². The van der Waals surface area contributed by atoms with Gasteiger partial charge < -0.3 is 10.0 Å². The van der Waals surface area contributed by atoms with Gasteiger partial charge in [0, 0.05) is 32.0 Å². The number of carbonyl (C=O) groups excluding carboxylic acids is 1. The molecule has 3 rings (SSSR count). The third kappa shape index (κ3) is 9.52. The number of alkyl halides is 1. The van der Waals surface area contributed by atoms with Gasteiger partial charge in [-0.25, -0.2) is 4.98 Å². The van der Waals surface area contributed by atoms with Crippen LogP contribution in [0.5, 0.6) is 0 Å². The molecule has 1 aromatic heterocycles. The number of unbranched alkanes of at least 4 members (excludes halogenated alkanes) is 6. The summed E-state index contributed by atoms with van der Waals surface area (Å²) in [4.78, 5) is 16.2. The molecule has 0 aliphatic heterocycles. The van der Waals surface area contributed by atoms with E-state index in [0.717, 1.165) is 31.2 Å². The van der Waals surface area contributed by atoms with Crippen LogP contribution in [0, 0.1) is 4.77 Å². The summed E-state index contributed by atoms with van der Waals surface area (Å²) in [5, 5.41) is 14.7. The van der Waals surface area contributed by atoms with E-state index in [4.69, 9.17) is 35.4 Å². The van der Waals surface area contributed by atoms with Gasteiger partial charge >= 0.3 is 0 Å². The third-order valence-electron chi connectivity index (χ3n) is 6.50. The maximum absolute atomic E-state index is 11.2. The second kappa shape index (κ2) is 14.4. The Balaban J connectivity index is 0.000000271. The maximum Gasteiger partial charge on any atom is 0.222 e. The number of nitrogens with zero attached hydrogens (tertiary/aromatic N) is 3. The van der Waals surface area contributed by atoms with Crippen molar-refractivity contribution in [3.8, 4) is 0 Å². The number of halogens is 2. The first kappa shape index (κ1) is 29.8. The van der Waals surface area contributed by atoms with Gasteiger partial charge in [0.05, 0.1) is 11.4 Å². The van der Waals surface area contributed by atoms with Crippen LogP contribution >= 0.6 is 35.4 Å². The molecule has 1 aliphatic rings. The lowest BCUT2D eigenvalue weighted by Crippen LogP contribution is -2.47. The van der Waals surface area contributed by atoms with Crippen LogP contribution in [0.1, 0.15) is 76.7 Å². The van der Waals surface area contributed by atoms with Gasteiger partial charge in [-0.1, -0.05) is 75.2 Å². The van der Waals surface area contributed by atoms with Crippen LogP contribution in [0.15, 0.2) is 30.6 Å². The lowest BCUT2D eigenvalue weighted by molar-refractivity contribution is -0.128. The van der Waals surface area contributed by atoms with Gasteiger partial charge in [-0.15, -0.1) is 11.6 Å². The van der Waals surface area contributed by atoms with Crippen LogP contribution in [0.4, 0.5) is 0 Å². The molecular weight excluding hydrogens is 503 g/mol. The zero-order valence-corrected chi connectivity index (χ0v) is 23.6. The van der Waals surface area contributed by atoms with Crippen LogP contribution in [0.2, 0.25) is 5.02 Å². The zero-order valence-electron chi connectivity index (χ0n) is 21.2. The van der Waals surface area contributed by atoms with Gasteiger partial charge in [0.15, 0.2) is 0 Å². The smallest absolute Gasteiger partial charge is 0.222 e. The van der Waals surface area contributed by atoms with Crippen LogP contribution in [-0.4, -0.2) is 55.2 Å². The predicted molar refractivity (Wildman–Crippen MR) is 147 cm³/mol. The lowest BCUT2D eigenvalue weighted by atomic mass is 9.89. The number of hydrogen-bond donors (Lipinski definition) is 2. The number of hydrogen-bond acceptors (Lipinski definition) is 4. The van der Waals surface area contributed by atoms with Crippen LogP contribution < -0.4 is 0 Å². The van der Waals surface area contributed by atoms with E-state index in [1.165, 1.54) is 44.9 Å². The molecule has 0 radical (unpaired) electrons. The van der Waals surface area contributed by atoms with E-state index in [9.17, 15) is 9.90 Å². The fourth-order valence-corrected chi connectivity index (χ4v) is 4.59. The Morgan fingerprint density at radius 2 is 1.83 bits per heavy atom. The average molecular weight is 544 g/mol. The molecule has 1 aliphatic carbocycles. The van der Waals surface area contributed by atoms with Crippen LogP contribution in [-0.2, 0) is 17.8 Å². The summed E-state index contributed by atoms with van der Waals surface area (Å²) >= 11 is 17.9. The van der Waals surface area contributed by atoms with Gasteiger partial charge in [-0.3, -0.25) is 14.6 Å². The Hall–Kier alpha value is -1.41. The highest BCUT2D eigenvalue weighted by Gasteiger charge is 2.58. The molecule has 1 saturated carbocycles. The standard InChI is InChI=1S/C14H15Cl2N3OS.C12H25NO/c15-11-4-2-1-3-10(11)7-14(20,13(16)5-6-13)8-19-12(21)17-9-18-19;1-4-5-6-7-8-9-10-11-12(14)13(2)3/h1-4,9,20H,5-8H2,(H,17,18,21);4-11H2,1-3H3. The highest BCUT2D eigenvalue weighted by atomic mass is 35.5. The van der Waals surface area contributed by atoms with Crippen molar-refractivity contribution in [2.75, 3.05) is 14.1 Å². The summed E-state index contributed by atoms with van der Waals surface area (Å²) in [5.41, 5.74) is -0.260. The molecule has 2 N–H and O–H groups in total. The second-order valence-electron chi connectivity index (χ2n) is 9.68. The number of aromatic amines is 1. The summed E-state index contributed by atoms with van der Waals surface area (Å²) in [5.74, 6) is 0.263. The van der Waals surface area contributed by atoms with E-state index in [1.54, 1.807) is 9.58 Å². The Kier molecular flexibility index (Phi) is 12.2. The Morgan fingerprint density at radius 1 is 1.20 bits per heavy atom. The molecule has 9 heteroatoms. The number of nitrogens with one attached hydrogen (secondary N) is 1. The first-order valence-electron chi connectivity index (χ1n) is 12.6. The fourth-order valence-electron chi connectivity index (χ4n) is 4.00. The molecule has 0 saturated heterocycles. The lowest BCUT2D eigenvalue weighted by Gasteiger charge is -2.33. The molecule has 35 heavy (non-hydrogen) atoms. The monoisotopic (exact) mass is 542 g/mol. The van der Waals surface area contributed by atoms with Crippen molar-refractivity contribution in [2.45, 2.75) is 94.6 Å². The number of rotatable bonds is 13. The first-order chi connectivity index (χ1) is 16.6. The van der Waals surface area contributed by atoms with E-state index in [2.05, 4.69) is 17.0 Å². The predicted octanol–water partition coefficient (Wildman–Crippen LogP) is 6.55. The summed E-state index contributed by atoms with van der Waals surface area (Å²) < 4.78 is 2.03. The van der Waals surface area contributed by atoms with Gasteiger partial charge in [0.1, 0.15) is 11.9 Å². The quantitative estimate of drug-likeness (QED) is 0.171. The molecule has 0 bridgehead atoms. The molecule has 1 heterocycles. The Bertz CT molecular complexity index is 974. The Morgan fingerprint density at radius 3 is 2.37 bits per heavy atom. The van der Waals surface area contributed by atoms with Gasteiger partial charge in [-0.05, 0) is 43.1 Å². The molecular formula is C26H40Cl2N4O2S. The number of H-pyrrole nitrogens is 1. The molecule has 1 amide bonds. The van der Waals surface area contributed by atoms with E-state index in [-0.39, 0.29) is 12.5 Å². The molecule has 1 aromatic carbocycles. The minimum Gasteiger partial charge on any atom is -0.386 e. The SMILES string of the molecule is CCCCCCCCCC(=O)N(C)C.OC(Cc1ccccc1Cl)(Cn1[nH]cnc1=S)C1(Cl)CC1. The Labute approximate surface area is 225 Å². The fraction of sp³-hybridized carbons (Fsp3) is 0.654. The molecule has 196 valence electrons. The number of aromatic nitrogens is 3. The van der Waals surface area contributed by atoms with Gasteiger partial charge in [-0.2, -0.15) is 0 Å². The highest BCUT2D eigenvalue weighted by Crippen LogP contribution is 2.53. The normalized spacial score (nSPS) is 15.6. The highest BCUT2D eigenvalue weighted by molar-refractivity contribution is 7.71. The van der Waals surface area contributed by atoms with Crippen LogP contribution in [0.25, 0.3) is 0 Å². The van der Waals surface area contributed by atoms with Crippen molar-refractivity contribution in [3.63, 3.8) is 0 Å². The van der Waals surface area contributed by atoms with Crippen molar-refractivity contribution < 1.29 is 9.90 Å². The summed E-state index contributed by atoms with van der Waals surface area (Å²) in [6.45, 7) is 2.50. The molecule has 0 spiro atoms. The van der Waals surface area contributed by atoms with Crippen molar-refractivity contribution in [3.05, 3.63) is 45.9 Å². The van der Waals surface area contributed by atoms with Crippen molar-refractivity contribution >= 4 is 41.3 Å². The zero-order chi connectivity index (χ0) is 25.9. The van der Waals surface area contributed by atoms with E-state index < -0.39 is 10.5 Å². The second-order valence-corrected chi connectivity index (χ2v) is 11.2. The first-order valence-corrected chi connectivity index (χ1v) is 13.7. The van der Waals surface area contributed by atoms with E-state index in [0.29, 0.717) is 16.2 Å². The van der Waals surface area contributed by atoms with Gasteiger partial charge in [0.25, 0.3) is 0 Å². The minimum atomic E-state index is -1.13. The molecule has 2 aromatic rings. The molecule has 1 unspecified atom stereocenters. The maximum atomic E-state index is 11.2. The number of carbonyl (C=O) groups is 1. The minimum absolute atomic E-state index is 0.263. The van der Waals surface area contributed by atoms with Crippen molar-refractivity contribution in [1.82, 2.24) is 19.7 Å². The number of benzene rings is 1. The summed E-state index contributed by atoms with van der Waals surface area (Å²) in [7, 11) is 3.65. The van der Waals surface area contributed by atoms with E-state index >= 15 is 0 Å². The summed E-state index contributed by atoms with van der Waals surface area (Å²) in [6.07, 6.45) is 13.1. The molecule has 1 fully saturated rings. The topological polar surface area (TPSA) is 74.2 Å². The summed E-state index contributed by atoms with van der Waals surface area (Å²) in [6, 6.07) is 7.48. The van der Waals surface area contributed by atoms with Crippen molar-refractivity contribution in [2.24, 2.45) is 0 Å². The average Bonchev–Trinajstić information content (AvgIpc) is 3.47. The van der Waals surface area contributed by atoms with Crippen molar-refractivity contribution in [1.29, 1.82) is 0 Å². The number of aliphatic hydroxyl groups is 1. The largest absolute Gasteiger partial charge is 0.386 e. The third-order valence-corrected chi connectivity index (χ3v) is 7.92. The van der Waals surface area contributed by atoms with Crippen LogP contribution in [0.3, 0.4) is 0 Å². The molecule has 1 atom stereocenters. The van der Waals surface area contributed by atoms with Gasteiger partial charge in [0.2, 0.25) is 10.7 Å².